The van der Waals surface area contributed by atoms with Gasteiger partial charge in [-0.05, 0) is 18.9 Å². The zero-order chi connectivity index (χ0) is 17.1. The molecule has 0 atom stereocenters. The smallest absolute Gasteiger partial charge is 0.280 e. The fourth-order valence-electron chi connectivity index (χ4n) is 1.98. The molecule has 0 spiro atoms. The Kier molecular flexibility index (Phi) is 7.98. The lowest BCUT2D eigenvalue weighted by atomic mass is 10.1. The molecule has 0 heterocycles. The maximum absolute atomic E-state index is 12.0. The molecule has 23 heavy (non-hydrogen) atoms. The van der Waals surface area contributed by atoms with E-state index in [4.69, 9.17) is 0 Å². The number of nitro groups is 1. The van der Waals surface area contributed by atoms with Crippen LogP contribution in [0.4, 0.5) is 5.69 Å². The van der Waals surface area contributed by atoms with Gasteiger partial charge < -0.3 is 10.6 Å². The third-order valence-corrected chi connectivity index (χ3v) is 3.16. The first-order valence-corrected chi connectivity index (χ1v) is 7.26. The minimum atomic E-state index is -0.623. The highest BCUT2D eigenvalue weighted by Crippen LogP contribution is 2.17. The number of rotatable bonds is 11. The summed E-state index contributed by atoms with van der Waals surface area (Å²) in [5, 5.41) is 15.8. The molecule has 0 aliphatic rings. The van der Waals surface area contributed by atoms with Crippen LogP contribution in [0.1, 0.15) is 36.0 Å². The predicted molar refractivity (Wildman–Crippen MR) is 83.0 cm³/mol. The Labute approximate surface area is 133 Å². The zero-order valence-electron chi connectivity index (χ0n) is 12.6. The van der Waals surface area contributed by atoms with Crippen molar-refractivity contribution in [1.29, 1.82) is 0 Å². The highest BCUT2D eigenvalue weighted by Gasteiger charge is 2.19. The van der Waals surface area contributed by atoms with Crippen LogP contribution in [0.2, 0.25) is 0 Å². The van der Waals surface area contributed by atoms with E-state index in [0.29, 0.717) is 19.4 Å². The van der Waals surface area contributed by atoms with Crippen molar-refractivity contribution in [3.05, 3.63) is 39.9 Å². The van der Waals surface area contributed by atoms with Crippen LogP contribution in [0, 0.1) is 10.1 Å². The number of amides is 2. The maximum Gasteiger partial charge on any atom is 0.280 e. The molecule has 8 nitrogen and oxygen atoms in total. The Morgan fingerprint density at radius 2 is 1.91 bits per heavy atom. The van der Waals surface area contributed by atoms with E-state index in [1.165, 1.54) is 24.3 Å². The Morgan fingerprint density at radius 3 is 2.61 bits per heavy atom. The van der Waals surface area contributed by atoms with Crippen molar-refractivity contribution < 1.29 is 19.3 Å². The largest absolute Gasteiger partial charge is 0.359 e. The Bertz CT molecular complexity index is 574. The van der Waals surface area contributed by atoms with Gasteiger partial charge in [0.1, 0.15) is 0 Å². The maximum atomic E-state index is 12.0. The molecule has 2 N–H and O–H groups in total. The monoisotopic (exact) mass is 321 g/mol. The van der Waals surface area contributed by atoms with Gasteiger partial charge in [0.25, 0.3) is 5.69 Å². The minimum absolute atomic E-state index is 0.0160. The number of hydrogen-bond acceptors (Lipinski definition) is 5. The van der Waals surface area contributed by atoms with Crippen molar-refractivity contribution in [3.8, 4) is 0 Å². The Morgan fingerprint density at radius 1 is 1.17 bits per heavy atom. The molecule has 0 fully saturated rings. The molecule has 0 radical (unpaired) electrons. The number of para-hydroxylation sites is 1. The number of nitro benzene ring substituents is 1. The van der Waals surface area contributed by atoms with Gasteiger partial charge in [0, 0.05) is 19.0 Å². The van der Waals surface area contributed by atoms with Gasteiger partial charge in [0.2, 0.25) is 12.3 Å². The minimum Gasteiger partial charge on any atom is -0.359 e. The van der Waals surface area contributed by atoms with Crippen molar-refractivity contribution >= 4 is 23.8 Å². The first-order valence-electron chi connectivity index (χ1n) is 7.26. The predicted octanol–water partition coefficient (Wildman–Crippen LogP) is 1.20. The second-order valence-electron chi connectivity index (χ2n) is 4.86. The molecule has 0 aliphatic carbocycles. The number of benzene rings is 1. The molecule has 0 aliphatic heterocycles. The van der Waals surface area contributed by atoms with Crippen LogP contribution >= 0.6 is 0 Å². The molecule has 0 aromatic heterocycles. The van der Waals surface area contributed by atoms with Gasteiger partial charge in [0.05, 0.1) is 17.0 Å². The third kappa shape index (κ3) is 6.68. The van der Waals surface area contributed by atoms with E-state index in [1.54, 1.807) is 0 Å². The van der Waals surface area contributed by atoms with Crippen LogP contribution < -0.4 is 10.6 Å². The van der Waals surface area contributed by atoms with Crippen LogP contribution in [0.25, 0.3) is 0 Å². The van der Waals surface area contributed by atoms with Crippen LogP contribution in [-0.2, 0) is 9.59 Å². The molecular weight excluding hydrogens is 302 g/mol. The first-order chi connectivity index (χ1) is 11.1. The highest BCUT2D eigenvalue weighted by atomic mass is 16.6. The molecule has 0 saturated carbocycles. The highest BCUT2D eigenvalue weighted by molar-refractivity contribution is 6.02. The molecule has 2 amide bonds. The summed E-state index contributed by atoms with van der Waals surface area (Å²) >= 11 is 0. The number of carbonyl (C=O) groups excluding carboxylic acids is 3. The van der Waals surface area contributed by atoms with Crippen LogP contribution in [0.5, 0.6) is 0 Å². The number of unbranched alkanes of at least 4 members (excludes halogenated alkanes) is 2. The molecule has 124 valence electrons. The molecule has 0 unspecified atom stereocenters. The normalized spacial score (nSPS) is 9.91. The van der Waals surface area contributed by atoms with E-state index in [1.807, 2.05) is 0 Å². The molecular formula is C15H19N3O5. The van der Waals surface area contributed by atoms with Gasteiger partial charge in [-0.1, -0.05) is 18.6 Å². The van der Waals surface area contributed by atoms with Gasteiger partial charge in [-0.15, -0.1) is 0 Å². The average molecular weight is 321 g/mol. The van der Waals surface area contributed by atoms with Crippen LogP contribution in [-0.4, -0.2) is 36.1 Å². The van der Waals surface area contributed by atoms with Gasteiger partial charge >= 0.3 is 0 Å². The Balaban J connectivity index is 2.34. The standard InChI is InChI=1S/C15H19N3O5/c19-11-16-9-5-1-2-8-15(21)17-10-14(20)12-6-3-4-7-13(12)18(22)23/h3-4,6-7,11H,1-2,5,8-10H2,(H,16,19)(H,17,21). The SMILES string of the molecule is O=CNCCCCCC(=O)NCC(=O)c1ccccc1[N+](=O)[O-]. The summed E-state index contributed by atoms with van der Waals surface area (Å²) in [6.45, 7) is 0.303. The summed E-state index contributed by atoms with van der Waals surface area (Å²) in [6, 6.07) is 5.64. The summed E-state index contributed by atoms with van der Waals surface area (Å²) in [6.07, 6.45) is 3.10. The summed E-state index contributed by atoms with van der Waals surface area (Å²) < 4.78 is 0. The lowest BCUT2D eigenvalue weighted by Crippen LogP contribution is -2.29. The number of Topliss-reactive ketones (excluding diaryl/α,β-unsaturated/α-hetero) is 1. The summed E-state index contributed by atoms with van der Waals surface area (Å²) in [4.78, 5) is 43.8. The number of nitrogens with one attached hydrogen (secondary N) is 2. The average Bonchev–Trinajstić information content (AvgIpc) is 2.55. The van der Waals surface area contributed by atoms with Crippen molar-refractivity contribution in [1.82, 2.24) is 10.6 Å². The summed E-state index contributed by atoms with van der Waals surface area (Å²) in [7, 11) is 0. The van der Waals surface area contributed by atoms with Gasteiger partial charge in [-0.25, -0.2) is 0 Å². The summed E-state index contributed by atoms with van der Waals surface area (Å²) in [5.41, 5.74) is -0.285. The lowest BCUT2D eigenvalue weighted by molar-refractivity contribution is -0.385. The molecule has 8 heteroatoms. The van der Waals surface area contributed by atoms with Crippen molar-refractivity contribution in [3.63, 3.8) is 0 Å². The van der Waals surface area contributed by atoms with E-state index in [2.05, 4.69) is 10.6 Å². The van der Waals surface area contributed by atoms with Crippen molar-refractivity contribution in [2.45, 2.75) is 25.7 Å². The van der Waals surface area contributed by atoms with Gasteiger partial charge in [0.15, 0.2) is 5.78 Å². The second-order valence-corrected chi connectivity index (χ2v) is 4.86. The van der Waals surface area contributed by atoms with Crippen molar-refractivity contribution in [2.75, 3.05) is 13.1 Å². The van der Waals surface area contributed by atoms with Gasteiger partial charge in [-0.3, -0.25) is 24.5 Å². The third-order valence-electron chi connectivity index (χ3n) is 3.16. The summed E-state index contributed by atoms with van der Waals surface area (Å²) in [5.74, 6) is -0.777. The lowest BCUT2D eigenvalue weighted by Gasteiger charge is -2.05. The molecule has 1 rings (SSSR count). The van der Waals surface area contributed by atoms with E-state index < -0.39 is 10.7 Å². The fraction of sp³-hybridized carbons (Fsp3) is 0.400. The van der Waals surface area contributed by atoms with Crippen molar-refractivity contribution in [2.24, 2.45) is 0 Å². The molecule has 1 aromatic carbocycles. The first kappa shape index (κ1) is 18.3. The second kappa shape index (κ2) is 10.0. The van der Waals surface area contributed by atoms with Crippen LogP contribution in [0.3, 0.4) is 0 Å². The zero-order valence-corrected chi connectivity index (χ0v) is 12.6. The van der Waals surface area contributed by atoms with E-state index in [0.717, 1.165) is 12.8 Å². The van der Waals surface area contributed by atoms with E-state index >= 15 is 0 Å². The van der Waals surface area contributed by atoms with E-state index in [-0.39, 0.29) is 30.1 Å². The molecule has 0 bridgehead atoms. The molecule has 1 aromatic rings. The fourth-order valence-corrected chi connectivity index (χ4v) is 1.98. The van der Waals surface area contributed by atoms with E-state index in [9.17, 15) is 24.5 Å². The van der Waals surface area contributed by atoms with Crippen LogP contribution in [0.15, 0.2) is 24.3 Å². The Hall–Kier alpha value is -2.77. The number of nitrogens with zero attached hydrogens (tertiary/aromatic N) is 1. The van der Waals surface area contributed by atoms with Gasteiger partial charge in [-0.2, -0.15) is 0 Å². The molecule has 0 saturated heterocycles. The number of ketones is 1. The number of hydrogen-bond donors (Lipinski definition) is 2. The topological polar surface area (TPSA) is 118 Å². The number of carbonyl (C=O) groups is 3. The quantitative estimate of drug-likeness (QED) is 0.209.